The highest BCUT2D eigenvalue weighted by atomic mass is 32.2. The molecule has 2 amide bonds. The Balaban J connectivity index is 1.40. The van der Waals surface area contributed by atoms with Crippen molar-refractivity contribution in [2.75, 3.05) is 5.75 Å². The fourth-order valence-electron chi connectivity index (χ4n) is 4.23. The van der Waals surface area contributed by atoms with E-state index < -0.39 is 29.4 Å². The standard InChI is InChI=1S/C27H23N3O5S2/c1-17(31)30(37-20-12-14-28-15-13-20)23-25(33)29-22(21(32)16-36-26(23)29)27(34)35-24(18-8-4-2-5-9-18)19-10-6-3-7-11-19/h2-15,23-24,26,32H,16H2,1H3/t23-,26+/m1/s1. The zero-order chi connectivity index (χ0) is 25.9. The van der Waals surface area contributed by atoms with Crippen molar-refractivity contribution in [1.82, 2.24) is 14.2 Å². The summed E-state index contributed by atoms with van der Waals surface area (Å²) in [6, 6.07) is 21.2. The average molecular weight is 534 g/mol. The van der Waals surface area contributed by atoms with Crippen LogP contribution in [0.4, 0.5) is 0 Å². The molecule has 0 aliphatic carbocycles. The van der Waals surface area contributed by atoms with Crippen LogP contribution in [0.15, 0.2) is 102 Å². The minimum atomic E-state index is -0.802. The minimum absolute atomic E-state index is 0.113. The van der Waals surface area contributed by atoms with Gasteiger partial charge in [0, 0.05) is 24.2 Å². The molecule has 0 spiro atoms. The number of thioether (sulfide) groups is 1. The SMILES string of the molecule is CC(=O)N(Sc1ccncc1)[C@@H]1C(=O)N2C(C(=O)OC(c3ccccc3)c3ccccc3)=C(O)CS[C@@H]12. The molecule has 3 heterocycles. The fourth-order valence-corrected chi connectivity index (χ4v) is 6.47. The molecular formula is C27H23N3O5S2. The van der Waals surface area contributed by atoms with E-state index in [9.17, 15) is 19.5 Å². The van der Waals surface area contributed by atoms with Crippen LogP contribution in [0.5, 0.6) is 0 Å². The highest BCUT2D eigenvalue weighted by Crippen LogP contribution is 2.45. The molecule has 2 aromatic carbocycles. The van der Waals surface area contributed by atoms with Crippen molar-refractivity contribution >= 4 is 41.5 Å². The van der Waals surface area contributed by atoms with E-state index in [1.807, 2.05) is 60.7 Å². The van der Waals surface area contributed by atoms with Gasteiger partial charge >= 0.3 is 5.97 Å². The Hall–Kier alpha value is -3.76. The van der Waals surface area contributed by atoms with Crippen LogP contribution >= 0.6 is 23.7 Å². The third kappa shape index (κ3) is 4.94. The zero-order valence-electron chi connectivity index (χ0n) is 19.8. The maximum absolute atomic E-state index is 13.5. The summed E-state index contributed by atoms with van der Waals surface area (Å²) in [6.45, 7) is 1.39. The summed E-state index contributed by atoms with van der Waals surface area (Å²) < 4.78 is 7.33. The summed E-state index contributed by atoms with van der Waals surface area (Å²) >= 11 is 2.44. The summed E-state index contributed by atoms with van der Waals surface area (Å²) in [5, 5.41) is 10.1. The highest BCUT2D eigenvalue weighted by Gasteiger charge is 2.57. The van der Waals surface area contributed by atoms with Gasteiger partial charge in [0.05, 0.1) is 5.75 Å². The van der Waals surface area contributed by atoms with Crippen LogP contribution < -0.4 is 0 Å². The largest absolute Gasteiger partial charge is 0.509 e. The van der Waals surface area contributed by atoms with Gasteiger partial charge in [0.2, 0.25) is 5.91 Å². The predicted molar refractivity (Wildman–Crippen MR) is 140 cm³/mol. The quantitative estimate of drug-likeness (QED) is 0.272. The van der Waals surface area contributed by atoms with Crippen LogP contribution in [-0.4, -0.2) is 54.2 Å². The molecule has 188 valence electrons. The lowest BCUT2D eigenvalue weighted by atomic mass is 10.0. The summed E-state index contributed by atoms with van der Waals surface area (Å²) in [5.74, 6) is -1.67. The number of pyridine rings is 1. The number of aromatic nitrogens is 1. The third-order valence-electron chi connectivity index (χ3n) is 5.96. The molecule has 0 unspecified atom stereocenters. The second-order valence-electron chi connectivity index (χ2n) is 8.38. The van der Waals surface area contributed by atoms with E-state index in [1.54, 1.807) is 24.5 Å². The Kier molecular flexibility index (Phi) is 7.20. The van der Waals surface area contributed by atoms with E-state index in [0.717, 1.165) is 28.0 Å². The van der Waals surface area contributed by atoms with Gasteiger partial charge in [0.25, 0.3) is 5.91 Å². The van der Waals surface area contributed by atoms with Gasteiger partial charge in [0.1, 0.15) is 11.1 Å². The van der Waals surface area contributed by atoms with Gasteiger partial charge in [-0.1, -0.05) is 60.7 Å². The number of amides is 2. The Morgan fingerprint density at radius 2 is 1.65 bits per heavy atom. The molecule has 8 nitrogen and oxygen atoms in total. The van der Waals surface area contributed by atoms with Crippen LogP contribution in [0, 0.1) is 0 Å². The number of hydrogen-bond acceptors (Lipinski definition) is 8. The number of aliphatic hydroxyl groups is 1. The second-order valence-corrected chi connectivity index (χ2v) is 10.5. The fraction of sp³-hybridized carbons (Fsp3) is 0.185. The maximum Gasteiger partial charge on any atom is 0.359 e. The van der Waals surface area contributed by atoms with Crippen molar-refractivity contribution in [3.63, 3.8) is 0 Å². The van der Waals surface area contributed by atoms with Crippen molar-refractivity contribution in [1.29, 1.82) is 0 Å². The zero-order valence-corrected chi connectivity index (χ0v) is 21.4. The van der Waals surface area contributed by atoms with E-state index in [-0.39, 0.29) is 23.1 Å². The summed E-state index contributed by atoms with van der Waals surface area (Å²) in [5.41, 5.74) is 1.33. The van der Waals surface area contributed by atoms with Gasteiger partial charge in [-0.25, -0.2) is 4.79 Å². The summed E-state index contributed by atoms with van der Waals surface area (Å²) in [7, 11) is 0. The van der Waals surface area contributed by atoms with Crippen molar-refractivity contribution in [3.05, 3.63) is 108 Å². The second kappa shape index (κ2) is 10.7. The van der Waals surface area contributed by atoms with Crippen LogP contribution in [0.1, 0.15) is 24.2 Å². The van der Waals surface area contributed by atoms with Crippen LogP contribution in [0.3, 0.4) is 0 Å². The van der Waals surface area contributed by atoms with Crippen LogP contribution in [0.2, 0.25) is 0 Å². The average Bonchev–Trinajstić information content (AvgIpc) is 2.92. The van der Waals surface area contributed by atoms with Gasteiger partial charge < -0.3 is 9.84 Å². The lowest BCUT2D eigenvalue weighted by Crippen LogP contribution is -2.70. The predicted octanol–water partition coefficient (Wildman–Crippen LogP) is 4.32. The molecule has 3 aromatic rings. The Morgan fingerprint density at radius 3 is 2.22 bits per heavy atom. The highest BCUT2D eigenvalue weighted by molar-refractivity contribution is 8.00. The number of β-lactam (4-membered cyclic amide) rings is 1. The van der Waals surface area contributed by atoms with Gasteiger partial charge in [-0.15, -0.1) is 11.8 Å². The number of benzene rings is 2. The summed E-state index contributed by atoms with van der Waals surface area (Å²) in [4.78, 5) is 45.3. The molecule has 5 rings (SSSR count). The Bertz CT molecular complexity index is 1300. The van der Waals surface area contributed by atoms with Gasteiger partial charge in [-0.3, -0.25) is 23.8 Å². The first-order valence-electron chi connectivity index (χ1n) is 11.5. The van der Waals surface area contributed by atoms with E-state index >= 15 is 0 Å². The number of nitrogens with zero attached hydrogens (tertiary/aromatic N) is 3. The molecule has 1 aromatic heterocycles. The molecule has 10 heteroatoms. The third-order valence-corrected chi connectivity index (χ3v) is 8.37. The summed E-state index contributed by atoms with van der Waals surface area (Å²) in [6.07, 6.45) is 2.48. The van der Waals surface area contributed by atoms with Crippen molar-refractivity contribution in [3.8, 4) is 0 Å². The first kappa shape index (κ1) is 24.9. The number of fused-ring (bicyclic) bond motifs is 1. The van der Waals surface area contributed by atoms with Crippen LogP contribution in [-0.2, 0) is 19.1 Å². The van der Waals surface area contributed by atoms with Crippen molar-refractivity contribution in [2.24, 2.45) is 0 Å². The smallest absolute Gasteiger partial charge is 0.359 e. The first-order chi connectivity index (χ1) is 18.0. The molecule has 2 atom stereocenters. The van der Waals surface area contributed by atoms with Gasteiger partial charge in [0.15, 0.2) is 17.8 Å². The molecule has 2 aliphatic heterocycles. The van der Waals surface area contributed by atoms with E-state index in [1.165, 1.54) is 27.9 Å². The topological polar surface area (TPSA) is 100 Å². The first-order valence-corrected chi connectivity index (χ1v) is 13.3. The van der Waals surface area contributed by atoms with Crippen molar-refractivity contribution in [2.45, 2.75) is 29.3 Å². The lowest BCUT2D eigenvalue weighted by molar-refractivity contribution is -0.157. The van der Waals surface area contributed by atoms with Crippen molar-refractivity contribution < 1.29 is 24.2 Å². The Morgan fingerprint density at radius 1 is 1.05 bits per heavy atom. The van der Waals surface area contributed by atoms with Gasteiger partial charge in [-0.2, -0.15) is 0 Å². The van der Waals surface area contributed by atoms with E-state index in [4.69, 9.17) is 4.74 Å². The molecule has 0 bridgehead atoms. The molecule has 0 radical (unpaired) electrons. The molecule has 1 N–H and O–H groups in total. The Labute approximate surface area is 222 Å². The molecule has 37 heavy (non-hydrogen) atoms. The molecular weight excluding hydrogens is 510 g/mol. The molecule has 1 saturated heterocycles. The minimum Gasteiger partial charge on any atom is -0.509 e. The molecule has 1 fully saturated rings. The number of esters is 1. The molecule has 0 saturated carbocycles. The number of carbonyl (C=O) groups is 3. The number of aliphatic hydroxyl groups excluding tert-OH is 1. The normalized spacial score (nSPS) is 18.8. The monoisotopic (exact) mass is 533 g/mol. The van der Waals surface area contributed by atoms with E-state index in [2.05, 4.69) is 4.98 Å². The maximum atomic E-state index is 13.5. The number of hydrogen-bond donors (Lipinski definition) is 1. The van der Waals surface area contributed by atoms with Crippen LogP contribution in [0.25, 0.3) is 0 Å². The molecule has 2 aliphatic rings. The number of ether oxygens (including phenoxy) is 1. The number of carbonyl (C=O) groups excluding carboxylic acids is 3. The van der Waals surface area contributed by atoms with E-state index in [0.29, 0.717) is 0 Å². The lowest BCUT2D eigenvalue weighted by Gasteiger charge is -2.51. The number of rotatable bonds is 7. The van der Waals surface area contributed by atoms with Gasteiger partial charge in [-0.05, 0) is 35.2 Å².